The lowest BCUT2D eigenvalue weighted by atomic mass is 9.97. The van der Waals surface area contributed by atoms with Gasteiger partial charge in [-0.05, 0) is 54.3 Å². The van der Waals surface area contributed by atoms with Gasteiger partial charge in [0.15, 0.2) is 12.0 Å². The van der Waals surface area contributed by atoms with Crippen LogP contribution in [0.3, 0.4) is 0 Å². The molecule has 0 radical (unpaired) electrons. The minimum atomic E-state index is -0.0232. The van der Waals surface area contributed by atoms with Crippen molar-refractivity contribution >= 4 is 17.3 Å². The van der Waals surface area contributed by atoms with E-state index in [1.807, 2.05) is 31.2 Å². The predicted octanol–water partition coefficient (Wildman–Crippen LogP) is 5.75. The van der Waals surface area contributed by atoms with Crippen LogP contribution in [0.15, 0.2) is 66.7 Å². The molecule has 0 saturated heterocycles. The molecule has 0 bridgehead atoms. The molecule has 3 heteroatoms. The summed E-state index contributed by atoms with van der Waals surface area (Å²) in [6.45, 7) is 2.01. The highest BCUT2D eigenvalue weighted by atomic mass is 35.5. The topological polar surface area (TPSA) is 21.3 Å². The number of fused-ring (bicyclic) bond motifs is 1. The molecule has 0 saturated carbocycles. The molecule has 0 aliphatic carbocycles. The molecule has 1 aliphatic rings. The molecule has 0 fully saturated rings. The first-order valence-electron chi connectivity index (χ1n) is 8.09. The van der Waals surface area contributed by atoms with Crippen molar-refractivity contribution in [3.63, 3.8) is 0 Å². The Morgan fingerprint density at radius 1 is 0.958 bits per heavy atom. The van der Waals surface area contributed by atoms with Crippen LogP contribution in [0.2, 0.25) is 5.02 Å². The monoisotopic (exact) mass is 335 g/mol. The van der Waals surface area contributed by atoms with Gasteiger partial charge in [0, 0.05) is 10.6 Å². The first-order valence-corrected chi connectivity index (χ1v) is 8.47. The molecule has 2 nitrogen and oxygen atoms in total. The number of nitrogens with one attached hydrogen (secondary N) is 1. The number of hydrogen-bond acceptors (Lipinski definition) is 2. The number of halogens is 1. The Kier molecular flexibility index (Phi) is 3.91. The summed E-state index contributed by atoms with van der Waals surface area (Å²) < 4.78 is 5.98. The molecule has 1 unspecified atom stereocenters. The number of benzene rings is 3. The van der Waals surface area contributed by atoms with Gasteiger partial charge in [0.25, 0.3) is 0 Å². The average molecular weight is 336 g/mol. The molecular weight excluding hydrogens is 318 g/mol. The maximum Gasteiger partial charge on any atom is 0.167 e. The Bertz CT molecular complexity index is 876. The number of ether oxygens (including phenoxy) is 1. The minimum Gasteiger partial charge on any atom is -0.468 e. The molecule has 1 N–H and O–H groups in total. The normalized spacial score (nSPS) is 15.5. The van der Waals surface area contributed by atoms with Gasteiger partial charge in [-0.2, -0.15) is 0 Å². The fourth-order valence-corrected chi connectivity index (χ4v) is 3.34. The standard InChI is InChI=1S/C21H18ClNO/c1-14-23-20-12-16(10-15-6-3-2-4-7-15)11-19(21(20)24-14)17-8-5-9-18(22)13-17/h2-9,11-14,23H,10H2,1H3. The van der Waals surface area contributed by atoms with Crippen LogP contribution in [-0.2, 0) is 6.42 Å². The van der Waals surface area contributed by atoms with Crippen molar-refractivity contribution in [2.24, 2.45) is 0 Å². The maximum atomic E-state index is 6.19. The molecule has 0 spiro atoms. The average Bonchev–Trinajstić information content (AvgIpc) is 2.95. The van der Waals surface area contributed by atoms with Crippen LogP contribution < -0.4 is 10.1 Å². The molecule has 4 rings (SSSR count). The number of rotatable bonds is 3. The highest BCUT2D eigenvalue weighted by molar-refractivity contribution is 6.30. The summed E-state index contributed by atoms with van der Waals surface area (Å²) in [7, 11) is 0. The quantitative estimate of drug-likeness (QED) is 0.658. The molecule has 1 heterocycles. The fraction of sp³-hybridized carbons (Fsp3) is 0.143. The third-order valence-corrected chi connectivity index (χ3v) is 4.42. The largest absolute Gasteiger partial charge is 0.468 e. The molecule has 1 atom stereocenters. The second-order valence-corrected chi connectivity index (χ2v) is 6.53. The van der Waals surface area contributed by atoms with Gasteiger partial charge < -0.3 is 10.1 Å². The van der Waals surface area contributed by atoms with Crippen molar-refractivity contribution in [1.29, 1.82) is 0 Å². The first-order chi connectivity index (χ1) is 11.7. The lowest BCUT2D eigenvalue weighted by Crippen LogP contribution is -2.14. The van der Waals surface area contributed by atoms with Crippen LogP contribution in [-0.4, -0.2) is 6.23 Å². The Labute approximate surface area is 147 Å². The lowest BCUT2D eigenvalue weighted by molar-refractivity contribution is 0.276. The molecule has 1 aliphatic heterocycles. The van der Waals surface area contributed by atoms with Crippen molar-refractivity contribution in [1.82, 2.24) is 0 Å². The lowest BCUT2D eigenvalue weighted by Gasteiger charge is -2.11. The highest BCUT2D eigenvalue weighted by Crippen LogP contribution is 2.43. The molecule has 120 valence electrons. The molecule has 24 heavy (non-hydrogen) atoms. The third kappa shape index (κ3) is 2.98. The zero-order valence-electron chi connectivity index (χ0n) is 13.4. The van der Waals surface area contributed by atoms with E-state index in [9.17, 15) is 0 Å². The Morgan fingerprint density at radius 3 is 2.58 bits per heavy atom. The van der Waals surface area contributed by atoms with Gasteiger partial charge in [0.1, 0.15) is 0 Å². The molecule has 0 aromatic heterocycles. The minimum absolute atomic E-state index is 0.0232. The fourth-order valence-electron chi connectivity index (χ4n) is 3.15. The molecule has 0 amide bonds. The second-order valence-electron chi connectivity index (χ2n) is 6.10. The van der Waals surface area contributed by atoms with E-state index in [0.29, 0.717) is 0 Å². The van der Waals surface area contributed by atoms with Gasteiger partial charge >= 0.3 is 0 Å². The zero-order chi connectivity index (χ0) is 16.5. The predicted molar refractivity (Wildman–Crippen MR) is 99.8 cm³/mol. The van der Waals surface area contributed by atoms with E-state index in [1.165, 1.54) is 11.1 Å². The molecule has 3 aromatic rings. The second kappa shape index (κ2) is 6.21. The van der Waals surface area contributed by atoms with Crippen LogP contribution in [0.5, 0.6) is 5.75 Å². The van der Waals surface area contributed by atoms with Gasteiger partial charge in [-0.1, -0.05) is 54.1 Å². The van der Waals surface area contributed by atoms with E-state index in [1.54, 1.807) is 0 Å². The summed E-state index contributed by atoms with van der Waals surface area (Å²) >= 11 is 6.19. The number of hydrogen-bond donors (Lipinski definition) is 1. The van der Waals surface area contributed by atoms with Crippen LogP contribution in [0, 0.1) is 0 Å². The van der Waals surface area contributed by atoms with E-state index >= 15 is 0 Å². The van der Waals surface area contributed by atoms with Gasteiger partial charge in [-0.25, -0.2) is 0 Å². The van der Waals surface area contributed by atoms with Crippen LogP contribution >= 0.6 is 11.6 Å². The summed E-state index contributed by atoms with van der Waals surface area (Å²) in [4.78, 5) is 0. The smallest absolute Gasteiger partial charge is 0.167 e. The van der Waals surface area contributed by atoms with Gasteiger partial charge in [-0.15, -0.1) is 0 Å². The van der Waals surface area contributed by atoms with Crippen molar-refractivity contribution in [3.8, 4) is 16.9 Å². The van der Waals surface area contributed by atoms with E-state index in [0.717, 1.165) is 34.0 Å². The van der Waals surface area contributed by atoms with Crippen molar-refractivity contribution in [2.75, 3.05) is 5.32 Å². The van der Waals surface area contributed by atoms with Gasteiger partial charge in [0.05, 0.1) is 5.69 Å². The Morgan fingerprint density at radius 2 is 1.79 bits per heavy atom. The maximum absolute atomic E-state index is 6.19. The summed E-state index contributed by atoms with van der Waals surface area (Å²) in [6, 6.07) is 22.8. The Balaban J connectivity index is 1.80. The van der Waals surface area contributed by atoms with Crippen LogP contribution in [0.4, 0.5) is 5.69 Å². The van der Waals surface area contributed by atoms with Gasteiger partial charge in [-0.3, -0.25) is 0 Å². The van der Waals surface area contributed by atoms with Gasteiger partial charge in [0.2, 0.25) is 0 Å². The molecular formula is C21H18ClNO. The third-order valence-electron chi connectivity index (χ3n) is 4.19. The van der Waals surface area contributed by atoms with Crippen molar-refractivity contribution < 1.29 is 4.74 Å². The van der Waals surface area contributed by atoms with Crippen molar-refractivity contribution in [2.45, 2.75) is 19.6 Å². The van der Waals surface area contributed by atoms with E-state index in [2.05, 4.69) is 47.8 Å². The summed E-state index contributed by atoms with van der Waals surface area (Å²) in [6.07, 6.45) is 0.863. The van der Waals surface area contributed by atoms with E-state index in [-0.39, 0.29) is 6.23 Å². The van der Waals surface area contributed by atoms with Crippen molar-refractivity contribution in [3.05, 3.63) is 82.9 Å². The Hall–Kier alpha value is -2.45. The summed E-state index contributed by atoms with van der Waals surface area (Å²) in [5, 5.41) is 4.12. The molecule has 3 aromatic carbocycles. The van der Waals surface area contributed by atoms with Crippen LogP contribution in [0.1, 0.15) is 18.1 Å². The van der Waals surface area contributed by atoms with E-state index in [4.69, 9.17) is 16.3 Å². The van der Waals surface area contributed by atoms with Crippen LogP contribution in [0.25, 0.3) is 11.1 Å². The van der Waals surface area contributed by atoms with E-state index < -0.39 is 0 Å². The number of anilines is 1. The summed E-state index contributed by atoms with van der Waals surface area (Å²) in [5.74, 6) is 0.904. The SMILES string of the molecule is CC1Nc2cc(Cc3ccccc3)cc(-c3cccc(Cl)c3)c2O1. The zero-order valence-corrected chi connectivity index (χ0v) is 14.2. The highest BCUT2D eigenvalue weighted by Gasteiger charge is 2.23. The summed E-state index contributed by atoms with van der Waals surface area (Å²) in [5.41, 5.74) is 5.75. The first kappa shape index (κ1) is 15.1.